The maximum Gasteiger partial charge on any atom is 0.137 e. The number of nitrogens with zero attached hydrogens (tertiary/aromatic N) is 4. The summed E-state index contributed by atoms with van der Waals surface area (Å²) in [5, 5.41) is 7.61. The van der Waals surface area contributed by atoms with E-state index in [0.29, 0.717) is 5.92 Å². The highest BCUT2D eigenvalue weighted by molar-refractivity contribution is 6.09. The van der Waals surface area contributed by atoms with E-state index in [2.05, 4.69) is 177 Å². The molecule has 0 atom stereocenters. The van der Waals surface area contributed by atoms with Crippen molar-refractivity contribution in [1.82, 2.24) is 19.3 Å². The molecule has 0 aliphatic carbocycles. The van der Waals surface area contributed by atoms with Gasteiger partial charge in [-0.25, -0.2) is 9.67 Å². The Labute approximate surface area is 315 Å². The van der Waals surface area contributed by atoms with E-state index >= 15 is 0 Å². The van der Waals surface area contributed by atoms with Crippen LogP contribution in [0.3, 0.4) is 0 Å². The molecule has 53 heavy (non-hydrogen) atoms. The molecule has 0 fully saturated rings. The van der Waals surface area contributed by atoms with Gasteiger partial charge in [-0.2, -0.15) is 5.10 Å². The summed E-state index contributed by atoms with van der Waals surface area (Å²) in [4.78, 5) is 4.81. The smallest absolute Gasteiger partial charge is 0.137 e. The monoisotopic (exact) mass is 702 g/mol. The van der Waals surface area contributed by atoms with E-state index in [9.17, 15) is 0 Å². The van der Waals surface area contributed by atoms with Crippen molar-refractivity contribution >= 4 is 21.8 Å². The van der Waals surface area contributed by atoms with Gasteiger partial charge in [-0.05, 0) is 114 Å². The summed E-state index contributed by atoms with van der Waals surface area (Å²) in [7, 11) is 0. The average molecular weight is 703 g/mol. The Balaban J connectivity index is 1.37. The van der Waals surface area contributed by atoms with Crippen molar-refractivity contribution in [3.8, 4) is 34.1 Å². The number of ether oxygens (including phenoxy) is 1. The molecule has 0 N–H and O–H groups in total. The van der Waals surface area contributed by atoms with E-state index < -0.39 is 0 Å². The minimum Gasteiger partial charge on any atom is -0.457 e. The highest BCUT2D eigenvalue weighted by atomic mass is 16.5. The van der Waals surface area contributed by atoms with Crippen molar-refractivity contribution in [2.75, 3.05) is 0 Å². The summed E-state index contributed by atoms with van der Waals surface area (Å²) in [6.07, 6.45) is 2.86. The van der Waals surface area contributed by atoms with E-state index in [1.807, 2.05) is 6.20 Å². The van der Waals surface area contributed by atoms with Gasteiger partial charge in [-0.1, -0.05) is 98.2 Å². The molecule has 0 spiro atoms. The van der Waals surface area contributed by atoms with Gasteiger partial charge in [-0.3, -0.25) is 4.57 Å². The number of rotatable bonds is 7. The summed E-state index contributed by atoms with van der Waals surface area (Å²) < 4.78 is 11.2. The Hall–Kier alpha value is -5.16. The fourth-order valence-corrected chi connectivity index (χ4v) is 7.81. The third kappa shape index (κ3) is 6.67. The topological polar surface area (TPSA) is 44.9 Å². The number of hydrogen-bond acceptors (Lipinski definition) is 3. The van der Waals surface area contributed by atoms with Crippen LogP contribution in [-0.4, -0.2) is 19.3 Å². The number of fused-ring (bicyclic) bond motifs is 3. The van der Waals surface area contributed by atoms with Gasteiger partial charge in [-0.15, -0.1) is 0 Å². The second kappa shape index (κ2) is 13.4. The Morgan fingerprint density at radius 3 is 2.04 bits per heavy atom. The van der Waals surface area contributed by atoms with E-state index in [0.717, 1.165) is 51.8 Å². The number of pyridine rings is 1. The first-order valence-corrected chi connectivity index (χ1v) is 19.1. The molecule has 0 aliphatic heterocycles. The first kappa shape index (κ1) is 36.2. The van der Waals surface area contributed by atoms with Crippen LogP contribution in [0.2, 0.25) is 0 Å². The number of aromatic nitrogens is 4. The summed E-state index contributed by atoms with van der Waals surface area (Å²) in [5.74, 6) is 2.77. The Kier molecular flexibility index (Phi) is 9.13. The van der Waals surface area contributed by atoms with E-state index in [1.165, 1.54) is 49.7 Å². The van der Waals surface area contributed by atoms with Gasteiger partial charge >= 0.3 is 0 Å². The van der Waals surface area contributed by atoms with Crippen LogP contribution in [0.15, 0.2) is 91.1 Å². The van der Waals surface area contributed by atoms with Gasteiger partial charge in [0.2, 0.25) is 0 Å². The second-order valence-corrected chi connectivity index (χ2v) is 17.1. The largest absolute Gasteiger partial charge is 0.457 e. The molecule has 4 aromatic carbocycles. The molecule has 0 saturated carbocycles. The van der Waals surface area contributed by atoms with Gasteiger partial charge in [0, 0.05) is 40.4 Å². The van der Waals surface area contributed by atoms with Crippen LogP contribution >= 0.6 is 0 Å². The maximum atomic E-state index is 6.80. The molecule has 0 radical (unpaired) electrons. The molecule has 0 aliphatic rings. The van der Waals surface area contributed by atoms with Gasteiger partial charge in [0.25, 0.3) is 0 Å². The summed E-state index contributed by atoms with van der Waals surface area (Å²) in [6, 6.07) is 30.5. The van der Waals surface area contributed by atoms with Crippen molar-refractivity contribution in [3.63, 3.8) is 0 Å². The normalized spacial score (nSPS) is 12.4. The van der Waals surface area contributed by atoms with Crippen molar-refractivity contribution in [3.05, 3.63) is 130 Å². The Morgan fingerprint density at radius 1 is 0.698 bits per heavy atom. The summed E-state index contributed by atoms with van der Waals surface area (Å²) in [6.45, 7) is 27.1. The number of para-hydroxylation sites is 1. The average Bonchev–Trinajstić information content (AvgIpc) is 3.59. The van der Waals surface area contributed by atoms with Crippen molar-refractivity contribution in [2.45, 2.75) is 106 Å². The third-order valence-corrected chi connectivity index (χ3v) is 10.6. The summed E-state index contributed by atoms with van der Waals surface area (Å²) in [5.41, 5.74) is 14.3. The lowest BCUT2D eigenvalue weighted by Crippen LogP contribution is -2.20. The van der Waals surface area contributed by atoms with Crippen LogP contribution in [0.4, 0.5) is 0 Å². The van der Waals surface area contributed by atoms with Crippen LogP contribution in [0.25, 0.3) is 44.4 Å². The summed E-state index contributed by atoms with van der Waals surface area (Å²) >= 11 is 0. The molecule has 0 unspecified atom stereocenters. The van der Waals surface area contributed by atoms with Crippen LogP contribution in [-0.2, 0) is 17.3 Å². The fourth-order valence-electron chi connectivity index (χ4n) is 7.81. The molecule has 7 rings (SSSR count). The second-order valence-electron chi connectivity index (χ2n) is 17.1. The number of hydrogen-bond donors (Lipinski definition) is 0. The Bertz CT molecular complexity index is 2460. The number of aryl methyl sites for hydroxylation is 3. The molecular formula is C48H54N4O. The molecule has 3 aromatic heterocycles. The highest BCUT2D eigenvalue weighted by Crippen LogP contribution is 2.44. The zero-order chi connectivity index (χ0) is 38.0. The zero-order valence-electron chi connectivity index (χ0n) is 33.6. The minimum absolute atomic E-state index is 0.0391. The zero-order valence-corrected chi connectivity index (χ0v) is 33.6. The van der Waals surface area contributed by atoms with Crippen molar-refractivity contribution in [2.24, 2.45) is 0 Å². The lowest BCUT2D eigenvalue weighted by Gasteiger charge is -2.31. The van der Waals surface area contributed by atoms with Crippen LogP contribution in [0.1, 0.15) is 107 Å². The molecule has 0 bridgehead atoms. The molecule has 272 valence electrons. The van der Waals surface area contributed by atoms with Crippen molar-refractivity contribution < 1.29 is 4.74 Å². The molecule has 5 nitrogen and oxygen atoms in total. The first-order chi connectivity index (χ1) is 25.0. The predicted molar refractivity (Wildman–Crippen MR) is 223 cm³/mol. The standard InChI is InChI=1S/C48H54N4O/c1-13-33-20-21-49-44(24-33)51-42-17-15-14-16-38(42)39-19-18-36(28-43(39)51)53-37-26-34(29(2)3)25-35(27-37)52-32(6)45(31(5)50-52)46-40(47(7,8)9)22-30(4)23-41(46)48(10,11)12/h14-29H,13H2,1-12H3. The molecule has 7 aromatic rings. The molecule has 3 heterocycles. The van der Waals surface area contributed by atoms with E-state index in [-0.39, 0.29) is 10.8 Å². The van der Waals surface area contributed by atoms with Gasteiger partial charge in [0.15, 0.2) is 0 Å². The number of benzene rings is 4. The van der Waals surface area contributed by atoms with Gasteiger partial charge < -0.3 is 4.74 Å². The molecule has 0 amide bonds. The van der Waals surface area contributed by atoms with Crippen LogP contribution in [0, 0.1) is 20.8 Å². The van der Waals surface area contributed by atoms with E-state index in [4.69, 9.17) is 14.8 Å². The highest BCUT2D eigenvalue weighted by Gasteiger charge is 2.30. The SMILES string of the molecule is CCc1ccnc(-n2c3ccccc3c3ccc(Oc4cc(C(C)C)cc(-n5nc(C)c(-c6c(C(C)(C)C)cc(C)cc6C(C)(C)C)c5C)c4)cc32)c1. The fraction of sp³-hybridized carbons (Fsp3) is 0.333. The van der Waals surface area contributed by atoms with Crippen molar-refractivity contribution in [1.29, 1.82) is 0 Å². The molecule has 0 saturated heterocycles. The van der Waals surface area contributed by atoms with Crippen LogP contribution in [0.5, 0.6) is 11.5 Å². The minimum atomic E-state index is -0.0391. The maximum absolute atomic E-state index is 6.80. The quantitative estimate of drug-likeness (QED) is 0.166. The Morgan fingerprint density at radius 2 is 1.38 bits per heavy atom. The van der Waals surface area contributed by atoms with Gasteiger partial charge in [0.1, 0.15) is 17.3 Å². The van der Waals surface area contributed by atoms with E-state index in [1.54, 1.807) is 0 Å². The lowest BCUT2D eigenvalue weighted by molar-refractivity contribution is 0.481. The van der Waals surface area contributed by atoms with Crippen LogP contribution < -0.4 is 4.74 Å². The lowest BCUT2D eigenvalue weighted by atomic mass is 9.73. The first-order valence-electron chi connectivity index (χ1n) is 19.1. The molecule has 5 heteroatoms. The molecular weight excluding hydrogens is 649 g/mol. The third-order valence-electron chi connectivity index (χ3n) is 10.6. The van der Waals surface area contributed by atoms with Gasteiger partial charge in [0.05, 0.1) is 22.4 Å². The predicted octanol–water partition coefficient (Wildman–Crippen LogP) is 13.0.